The fourth-order valence-electron chi connectivity index (χ4n) is 3.70. The topological polar surface area (TPSA) is 43.7 Å². The van der Waals surface area contributed by atoms with Gasteiger partial charge in [0.25, 0.3) is 5.56 Å². The highest BCUT2D eigenvalue weighted by atomic mass is 16.5. The largest absolute Gasteiger partial charge is 0.490 e. The van der Waals surface area contributed by atoms with Crippen LogP contribution in [0, 0.1) is 0 Å². The number of hydrogen-bond donors (Lipinski definition) is 0. The third-order valence-electron chi connectivity index (χ3n) is 5.07. The van der Waals surface area contributed by atoms with E-state index in [9.17, 15) is 4.79 Å². The van der Waals surface area contributed by atoms with Crippen LogP contribution in [0.3, 0.4) is 0 Å². The fraction of sp³-hybridized carbons (Fsp3) is 0.450. The summed E-state index contributed by atoms with van der Waals surface area (Å²) in [5, 5.41) is 0. The van der Waals surface area contributed by atoms with E-state index in [2.05, 4.69) is 17.0 Å². The van der Waals surface area contributed by atoms with Gasteiger partial charge in [-0.1, -0.05) is 6.07 Å². The molecular weight excluding hydrogens is 316 g/mol. The molecule has 4 rings (SSSR count). The van der Waals surface area contributed by atoms with Crippen molar-refractivity contribution >= 4 is 0 Å². The summed E-state index contributed by atoms with van der Waals surface area (Å²) in [7, 11) is 1.78. The molecule has 0 saturated carbocycles. The van der Waals surface area contributed by atoms with Crippen molar-refractivity contribution in [1.29, 1.82) is 0 Å². The Balaban J connectivity index is 1.56. The number of nitrogens with zero attached hydrogens (tertiary/aromatic N) is 2. The van der Waals surface area contributed by atoms with E-state index in [0.717, 1.165) is 43.0 Å². The van der Waals surface area contributed by atoms with Gasteiger partial charge in [0.15, 0.2) is 11.5 Å². The maximum Gasteiger partial charge on any atom is 0.250 e. The lowest BCUT2D eigenvalue weighted by molar-refractivity contribution is 0.247. The molecule has 1 saturated heterocycles. The predicted molar refractivity (Wildman–Crippen MR) is 96.1 cm³/mol. The minimum Gasteiger partial charge on any atom is -0.490 e. The van der Waals surface area contributed by atoms with Crippen molar-refractivity contribution in [3.8, 4) is 11.5 Å². The lowest BCUT2D eigenvalue weighted by atomic mass is 10.0. The van der Waals surface area contributed by atoms with Crippen LogP contribution in [0.1, 0.15) is 36.4 Å². The molecule has 0 radical (unpaired) electrons. The number of likely N-dealkylation sites (tertiary alicyclic amines) is 1. The molecule has 1 atom stereocenters. The van der Waals surface area contributed by atoms with E-state index >= 15 is 0 Å². The molecule has 2 aromatic rings. The standard InChI is InChI=1S/C20H24N2O3/c1-21-9-7-15(12-20(21)23)14-22-8-2-4-17(22)16-5-6-18-19(13-16)25-11-3-10-24-18/h5-7,9,12-13,17H,2-4,8,10-11,14H2,1H3/t17-/m1/s1. The minimum absolute atomic E-state index is 0.0452. The SMILES string of the molecule is Cn1ccc(CN2CCC[C@@H]2c2ccc3c(c2)OCCCO3)cc1=O. The third kappa shape index (κ3) is 3.42. The van der Waals surface area contributed by atoms with E-state index in [-0.39, 0.29) is 5.56 Å². The Kier molecular flexibility index (Phi) is 4.49. The number of aromatic nitrogens is 1. The molecule has 1 fully saturated rings. The number of pyridine rings is 1. The number of fused-ring (bicyclic) bond motifs is 1. The van der Waals surface area contributed by atoms with E-state index in [1.54, 1.807) is 17.7 Å². The lowest BCUT2D eigenvalue weighted by Crippen LogP contribution is -2.24. The van der Waals surface area contributed by atoms with Crippen LogP contribution < -0.4 is 15.0 Å². The van der Waals surface area contributed by atoms with Gasteiger partial charge in [0.05, 0.1) is 13.2 Å². The van der Waals surface area contributed by atoms with Crippen molar-refractivity contribution in [3.63, 3.8) is 0 Å². The number of rotatable bonds is 3. The molecule has 0 aliphatic carbocycles. The van der Waals surface area contributed by atoms with Crippen LogP contribution in [0.5, 0.6) is 11.5 Å². The molecule has 2 aliphatic heterocycles. The van der Waals surface area contributed by atoms with Crippen molar-refractivity contribution in [2.45, 2.75) is 31.8 Å². The molecule has 0 amide bonds. The first-order valence-electron chi connectivity index (χ1n) is 9.00. The first kappa shape index (κ1) is 16.2. The second kappa shape index (κ2) is 6.92. The zero-order valence-electron chi connectivity index (χ0n) is 14.6. The highest BCUT2D eigenvalue weighted by molar-refractivity contribution is 5.44. The van der Waals surface area contributed by atoms with Crippen molar-refractivity contribution in [2.24, 2.45) is 7.05 Å². The Morgan fingerprint density at radius 1 is 1.08 bits per heavy atom. The van der Waals surface area contributed by atoms with Crippen LogP contribution in [-0.2, 0) is 13.6 Å². The van der Waals surface area contributed by atoms with Crippen LogP contribution in [0.15, 0.2) is 41.3 Å². The van der Waals surface area contributed by atoms with Crippen molar-refractivity contribution in [1.82, 2.24) is 9.47 Å². The van der Waals surface area contributed by atoms with Crippen molar-refractivity contribution < 1.29 is 9.47 Å². The molecule has 132 valence electrons. The summed E-state index contributed by atoms with van der Waals surface area (Å²) in [6.07, 6.45) is 5.06. The van der Waals surface area contributed by atoms with Gasteiger partial charge in [0.2, 0.25) is 0 Å². The molecule has 0 N–H and O–H groups in total. The van der Waals surface area contributed by atoms with Crippen molar-refractivity contribution in [2.75, 3.05) is 19.8 Å². The van der Waals surface area contributed by atoms with Gasteiger partial charge >= 0.3 is 0 Å². The van der Waals surface area contributed by atoms with Crippen LogP contribution in [0.4, 0.5) is 0 Å². The minimum atomic E-state index is 0.0452. The number of ether oxygens (including phenoxy) is 2. The summed E-state index contributed by atoms with van der Waals surface area (Å²) in [6, 6.07) is 10.5. The second-order valence-corrected chi connectivity index (χ2v) is 6.87. The Morgan fingerprint density at radius 2 is 1.92 bits per heavy atom. The van der Waals surface area contributed by atoms with Gasteiger partial charge in [-0.3, -0.25) is 9.69 Å². The Labute approximate surface area is 147 Å². The maximum atomic E-state index is 11.9. The van der Waals surface area contributed by atoms with Crippen molar-refractivity contribution in [3.05, 3.63) is 58.0 Å². The molecule has 25 heavy (non-hydrogen) atoms. The first-order valence-corrected chi connectivity index (χ1v) is 9.00. The molecule has 0 spiro atoms. The summed E-state index contributed by atoms with van der Waals surface area (Å²) in [5.74, 6) is 1.70. The summed E-state index contributed by atoms with van der Waals surface area (Å²) < 4.78 is 13.2. The molecule has 0 unspecified atom stereocenters. The van der Waals surface area contributed by atoms with Gasteiger partial charge < -0.3 is 14.0 Å². The highest BCUT2D eigenvalue weighted by Gasteiger charge is 2.27. The van der Waals surface area contributed by atoms with Gasteiger partial charge in [-0.15, -0.1) is 0 Å². The zero-order valence-corrected chi connectivity index (χ0v) is 14.6. The van der Waals surface area contributed by atoms with Gasteiger partial charge in [0, 0.05) is 38.3 Å². The van der Waals surface area contributed by atoms with Gasteiger partial charge in [0.1, 0.15) is 0 Å². The monoisotopic (exact) mass is 340 g/mol. The van der Waals surface area contributed by atoms with Gasteiger partial charge in [-0.05, 0) is 48.7 Å². The number of benzene rings is 1. The van der Waals surface area contributed by atoms with E-state index in [4.69, 9.17) is 9.47 Å². The summed E-state index contributed by atoms with van der Waals surface area (Å²) >= 11 is 0. The molecule has 2 aliphatic rings. The lowest BCUT2D eigenvalue weighted by Gasteiger charge is -2.25. The average Bonchev–Trinajstić information content (AvgIpc) is 2.94. The molecular formula is C20H24N2O3. The average molecular weight is 340 g/mol. The summed E-state index contributed by atoms with van der Waals surface area (Å²) in [5.41, 5.74) is 2.39. The predicted octanol–water partition coefficient (Wildman–Crippen LogP) is 2.88. The van der Waals surface area contributed by atoms with Crippen LogP contribution in [-0.4, -0.2) is 29.2 Å². The van der Waals surface area contributed by atoms with Crippen LogP contribution in [0.2, 0.25) is 0 Å². The smallest absolute Gasteiger partial charge is 0.250 e. The van der Waals surface area contributed by atoms with Crippen LogP contribution >= 0.6 is 0 Å². The van der Waals surface area contributed by atoms with E-state index in [1.165, 1.54) is 12.0 Å². The summed E-state index contributed by atoms with van der Waals surface area (Å²) in [4.78, 5) is 14.3. The number of aryl methyl sites for hydroxylation is 1. The molecule has 1 aromatic heterocycles. The molecule has 1 aromatic carbocycles. The molecule has 5 nitrogen and oxygen atoms in total. The Morgan fingerprint density at radius 3 is 2.76 bits per heavy atom. The van der Waals surface area contributed by atoms with E-state index in [0.29, 0.717) is 19.3 Å². The molecule has 0 bridgehead atoms. The third-order valence-corrected chi connectivity index (χ3v) is 5.07. The highest BCUT2D eigenvalue weighted by Crippen LogP contribution is 2.38. The van der Waals surface area contributed by atoms with E-state index < -0.39 is 0 Å². The molecule has 5 heteroatoms. The second-order valence-electron chi connectivity index (χ2n) is 6.87. The first-order chi connectivity index (χ1) is 12.2. The van der Waals surface area contributed by atoms with Gasteiger partial charge in [-0.25, -0.2) is 0 Å². The van der Waals surface area contributed by atoms with Crippen LogP contribution in [0.25, 0.3) is 0 Å². The Hall–Kier alpha value is -2.27. The molecule has 3 heterocycles. The Bertz CT molecular complexity index is 815. The van der Waals surface area contributed by atoms with E-state index in [1.807, 2.05) is 18.3 Å². The fourth-order valence-corrected chi connectivity index (χ4v) is 3.70. The number of hydrogen-bond acceptors (Lipinski definition) is 4. The maximum absolute atomic E-state index is 11.9. The van der Waals surface area contributed by atoms with Gasteiger partial charge in [-0.2, -0.15) is 0 Å². The summed E-state index contributed by atoms with van der Waals surface area (Å²) in [6.45, 7) is 3.27. The normalized spacial score (nSPS) is 20.4. The zero-order chi connectivity index (χ0) is 17.2. The quantitative estimate of drug-likeness (QED) is 0.862.